The zero-order chi connectivity index (χ0) is 17.6. The van der Waals surface area contributed by atoms with E-state index in [1.165, 1.54) is 0 Å². The summed E-state index contributed by atoms with van der Waals surface area (Å²) in [5.41, 5.74) is 0.845. The minimum atomic E-state index is -0.225. The van der Waals surface area contributed by atoms with Crippen molar-refractivity contribution < 1.29 is 9.21 Å². The number of hydrogen-bond donors (Lipinski definition) is 0. The standard InChI is InChI=1S/C18H21N5O2/c1-12-19-20-17-11-21(2)15(10-23(12)17)18(24)22(3)9-14-8-13-6-4-5-7-16(13)25-14/h4-8,15H,9-11H2,1-3H3. The van der Waals surface area contributed by atoms with E-state index in [2.05, 4.69) is 10.2 Å². The van der Waals surface area contributed by atoms with Gasteiger partial charge in [-0.3, -0.25) is 9.69 Å². The highest BCUT2D eigenvalue weighted by Crippen LogP contribution is 2.21. The number of furan rings is 1. The van der Waals surface area contributed by atoms with Crippen molar-refractivity contribution >= 4 is 16.9 Å². The van der Waals surface area contributed by atoms with Crippen LogP contribution in [0.3, 0.4) is 0 Å². The normalized spacial score (nSPS) is 17.6. The van der Waals surface area contributed by atoms with Crippen molar-refractivity contribution in [3.05, 3.63) is 47.7 Å². The fourth-order valence-corrected chi connectivity index (χ4v) is 3.37. The third-order valence-electron chi connectivity index (χ3n) is 4.82. The second-order valence-electron chi connectivity index (χ2n) is 6.65. The largest absolute Gasteiger partial charge is 0.459 e. The molecule has 130 valence electrons. The molecule has 0 radical (unpaired) electrons. The molecule has 2 aromatic heterocycles. The fourth-order valence-electron chi connectivity index (χ4n) is 3.37. The maximum Gasteiger partial charge on any atom is 0.241 e. The highest BCUT2D eigenvalue weighted by atomic mass is 16.3. The quantitative estimate of drug-likeness (QED) is 0.728. The molecule has 1 atom stereocenters. The summed E-state index contributed by atoms with van der Waals surface area (Å²) in [4.78, 5) is 16.7. The minimum absolute atomic E-state index is 0.0710. The van der Waals surface area contributed by atoms with Crippen molar-refractivity contribution in [2.45, 2.75) is 32.6 Å². The minimum Gasteiger partial charge on any atom is -0.459 e. The summed E-state index contributed by atoms with van der Waals surface area (Å²) < 4.78 is 7.86. The molecule has 3 heterocycles. The number of rotatable bonds is 3. The number of aromatic nitrogens is 3. The lowest BCUT2D eigenvalue weighted by molar-refractivity contribution is -0.137. The summed E-state index contributed by atoms with van der Waals surface area (Å²) in [6.45, 7) is 3.57. The Hall–Kier alpha value is -2.67. The molecule has 0 spiro atoms. The lowest BCUT2D eigenvalue weighted by Crippen LogP contribution is -2.50. The molecule has 0 saturated carbocycles. The number of para-hydroxylation sites is 1. The molecule has 0 bridgehead atoms. The van der Waals surface area contributed by atoms with Crippen molar-refractivity contribution in [2.24, 2.45) is 0 Å². The van der Waals surface area contributed by atoms with E-state index >= 15 is 0 Å². The first-order chi connectivity index (χ1) is 12.0. The van der Waals surface area contributed by atoms with Gasteiger partial charge in [0.05, 0.1) is 19.6 Å². The smallest absolute Gasteiger partial charge is 0.241 e. The highest BCUT2D eigenvalue weighted by molar-refractivity contribution is 5.82. The van der Waals surface area contributed by atoms with Crippen molar-refractivity contribution in [3.8, 4) is 0 Å². The van der Waals surface area contributed by atoms with Crippen LogP contribution in [0.4, 0.5) is 0 Å². The zero-order valence-corrected chi connectivity index (χ0v) is 14.6. The van der Waals surface area contributed by atoms with Crippen LogP contribution in [0.1, 0.15) is 17.4 Å². The van der Waals surface area contributed by atoms with Crippen LogP contribution in [0.25, 0.3) is 11.0 Å². The summed E-state index contributed by atoms with van der Waals surface area (Å²) in [5.74, 6) is 2.61. The molecule has 1 aliphatic heterocycles. The van der Waals surface area contributed by atoms with Crippen molar-refractivity contribution in [3.63, 3.8) is 0 Å². The van der Waals surface area contributed by atoms with Gasteiger partial charge < -0.3 is 13.9 Å². The van der Waals surface area contributed by atoms with Gasteiger partial charge in [-0.25, -0.2) is 0 Å². The van der Waals surface area contributed by atoms with Gasteiger partial charge >= 0.3 is 0 Å². The zero-order valence-electron chi connectivity index (χ0n) is 14.6. The summed E-state index contributed by atoms with van der Waals surface area (Å²) in [5, 5.41) is 9.33. The van der Waals surface area contributed by atoms with Gasteiger partial charge in [-0.05, 0) is 26.1 Å². The van der Waals surface area contributed by atoms with Gasteiger partial charge in [0.1, 0.15) is 29.0 Å². The number of carbonyl (C=O) groups excluding carboxylic acids is 1. The third kappa shape index (κ3) is 2.80. The van der Waals surface area contributed by atoms with Crippen LogP contribution >= 0.6 is 0 Å². The molecule has 1 unspecified atom stereocenters. The van der Waals surface area contributed by atoms with Crippen molar-refractivity contribution in [1.29, 1.82) is 0 Å². The summed E-state index contributed by atoms with van der Waals surface area (Å²) in [6.07, 6.45) is 0. The number of benzene rings is 1. The Labute approximate surface area is 145 Å². The second-order valence-corrected chi connectivity index (χ2v) is 6.65. The second kappa shape index (κ2) is 6.00. The molecule has 25 heavy (non-hydrogen) atoms. The van der Waals surface area contributed by atoms with E-state index in [-0.39, 0.29) is 11.9 Å². The van der Waals surface area contributed by atoms with Gasteiger partial charge in [-0.2, -0.15) is 0 Å². The van der Waals surface area contributed by atoms with Gasteiger partial charge in [-0.1, -0.05) is 18.2 Å². The highest BCUT2D eigenvalue weighted by Gasteiger charge is 2.33. The lowest BCUT2D eigenvalue weighted by Gasteiger charge is -2.34. The Morgan fingerprint density at radius 1 is 1.36 bits per heavy atom. The van der Waals surface area contributed by atoms with Crippen LogP contribution < -0.4 is 0 Å². The van der Waals surface area contributed by atoms with Crippen LogP contribution in [0.2, 0.25) is 0 Å². The molecule has 0 saturated heterocycles. The molecule has 0 aliphatic carbocycles. The molecule has 1 amide bonds. The maximum absolute atomic E-state index is 13.0. The first-order valence-electron chi connectivity index (χ1n) is 8.34. The Morgan fingerprint density at radius 2 is 2.16 bits per heavy atom. The lowest BCUT2D eigenvalue weighted by atomic mass is 10.1. The Bertz CT molecular complexity index is 896. The number of amides is 1. The van der Waals surface area contributed by atoms with E-state index < -0.39 is 0 Å². The molecule has 3 aromatic rings. The predicted octanol–water partition coefficient (Wildman–Crippen LogP) is 1.81. The van der Waals surface area contributed by atoms with E-state index in [4.69, 9.17) is 4.42 Å². The van der Waals surface area contributed by atoms with E-state index in [0.717, 1.165) is 28.4 Å². The van der Waals surface area contributed by atoms with Gasteiger partial charge in [0, 0.05) is 12.4 Å². The van der Waals surface area contributed by atoms with Gasteiger partial charge in [0.25, 0.3) is 0 Å². The van der Waals surface area contributed by atoms with Gasteiger partial charge in [0.15, 0.2) is 0 Å². The number of carbonyl (C=O) groups is 1. The van der Waals surface area contributed by atoms with E-state index in [1.54, 1.807) is 4.90 Å². The number of hydrogen-bond acceptors (Lipinski definition) is 5. The first kappa shape index (κ1) is 15.8. The van der Waals surface area contributed by atoms with Crippen molar-refractivity contribution in [2.75, 3.05) is 14.1 Å². The molecule has 4 rings (SSSR count). The maximum atomic E-state index is 13.0. The average molecular weight is 339 g/mol. The molecule has 0 N–H and O–H groups in total. The van der Waals surface area contributed by atoms with Gasteiger partial charge in [-0.15, -0.1) is 10.2 Å². The van der Waals surface area contributed by atoms with Crippen LogP contribution in [0.15, 0.2) is 34.7 Å². The van der Waals surface area contributed by atoms with E-state index in [9.17, 15) is 4.79 Å². The van der Waals surface area contributed by atoms with Crippen molar-refractivity contribution in [1.82, 2.24) is 24.6 Å². The summed E-state index contributed by atoms with van der Waals surface area (Å²) >= 11 is 0. The van der Waals surface area contributed by atoms with Crippen LogP contribution in [0.5, 0.6) is 0 Å². The number of nitrogens with zero attached hydrogens (tertiary/aromatic N) is 5. The molecule has 7 nitrogen and oxygen atoms in total. The molecule has 1 aromatic carbocycles. The number of aryl methyl sites for hydroxylation is 1. The third-order valence-corrected chi connectivity index (χ3v) is 4.82. The Balaban J connectivity index is 1.51. The number of fused-ring (bicyclic) bond motifs is 2. The molecule has 1 aliphatic rings. The van der Waals surface area contributed by atoms with Gasteiger partial charge in [0.2, 0.25) is 5.91 Å². The van der Waals surface area contributed by atoms with Crippen LogP contribution in [-0.2, 0) is 24.4 Å². The molecular weight excluding hydrogens is 318 g/mol. The Kier molecular flexibility index (Phi) is 3.80. The number of likely N-dealkylation sites (N-methyl/N-ethyl adjacent to an activating group) is 2. The topological polar surface area (TPSA) is 67.4 Å². The summed E-state index contributed by atoms with van der Waals surface area (Å²) in [6, 6.07) is 9.64. The fraction of sp³-hybridized carbons (Fsp3) is 0.389. The van der Waals surface area contributed by atoms with E-state index in [0.29, 0.717) is 19.6 Å². The average Bonchev–Trinajstić information content (AvgIpc) is 3.16. The monoisotopic (exact) mass is 339 g/mol. The predicted molar refractivity (Wildman–Crippen MR) is 92.7 cm³/mol. The SMILES string of the molecule is Cc1nnc2n1CC(C(=O)N(C)Cc1cc3ccccc3o1)N(C)C2. The van der Waals surface area contributed by atoms with E-state index in [1.807, 2.05) is 60.8 Å². The van der Waals surface area contributed by atoms with Crippen LogP contribution in [-0.4, -0.2) is 50.6 Å². The molecule has 0 fully saturated rings. The molecule has 7 heteroatoms. The van der Waals surface area contributed by atoms with Crippen LogP contribution in [0, 0.1) is 6.92 Å². The summed E-state index contributed by atoms with van der Waals surface area (Å²) in [7, 11) is 3.77. The first-order valence-corrected chi connectivity index (χ1v) is 8.34. The molecular formula is C18H21N5O2. The Morgan fingerprint density at radius 3 is 2.96 bits per heavy atom.